The van der Waals surface area contributed by atoms with Crippen LogP contribution in [0, 0.1) is 5.82 Å². The predicted molar refractivity (Wildman–Crippen MR) is 134 cm³/mol. The van der Waals surface area contributed by atoms with Crippen LogP contribution in [0.2, 0.25) is 0 Å². The summed E-state index contributed by atoms with van der Waals surface area (Å²) < 4.78 is 38.0. The normalized spacial score (nSPS) is 14.7. The average Bonchev–Trinajstić information content (AvgIpc) is 3.33. The van der Waals surface area contributed by atoms with Crippen molar-refractivity contribution in [2.75, 3.05) is 18.9 Å². The van der Waals surface area contributed by atoms with E-state index >= 15 is 0 Å². The fraction of sp³-hybridized carbons (Fsp3) is 0.280. The van der Waals surface area contributed by atoms with Crippen molar-refractivity contribution >= 4 is 16.6 Å². The van der Waals surface area contributed by atoms with Crippen molar-refractivity contribution in [3.05, 3.63) is 60.0 Å². The van der Waals surface area contributed by atoms with Gasteiger partial charge >= 0.3 is 0 Å². The van der Waals surface area contributed by atoms with Crippen LogP contribution in [0.3, 0.4) is 0 Å². The molecule has 5 rings (SSSR count). The summed E-state index contributed by atoms with van der Waals surface area (Å²) in [6.07, 6.45) is 1.53. The van der Waals surface area contributed by atoms with Gasteiger partial charge in [-0.05, 0) is 29.8 Å². The number of ether oxygens (including phenoxy) is 1. The van der Waals surface area contributed by atoms with E-state index in [-0.39, 0.29) is 34.1 Å². The Morgan fingerprint density at radius 2 is 1.89 bits per heavy atom. The van der Waals surface area contributed by atoms with E-state index < -0.39 is 16.6 Å². The molecule has 0 spiro atoms. The molecule has 0 radical (unpaired) electrons. The topological polar surface area (TPSA) is 129 Å². The zero-order valence-electron chi connectivity index (χ0n) is 19.8. The van der Waals surface area contributed by atoms with Crippen molar-refractivity contribution in [3.8, 4) is 34.3 Å². The number of anilines is 1. The van der Waals surface area contributed by atoms with Gasteiger partial charge in [0.25, 0.3) is 11.8 Å². The lowest BCUT2D eigenvalue weighted by molar-refractivity contribution is -0.00579. The highest BCUT2D eigenvalue weighted by Gasteiger charge is 2.20. The number of hydrogen-bond donors (Lipinski definition) is 2. The van der Waals surface area contributed by atoms with Gasteiger partial charge in [-0.3, -0.25) is 4.21 Å². The molecule has 0 amide bonds. The first-order valence-electron chi connectivity index (χ1n) is 11.5. The maximum absolute atomic E-state index is 14.8. The molecule has 11 heteroatoms. The summed E-state index contributed by atoms with van der Waals surface area (Å²) >= 11 is 0. The molecular formula is C25H25FN6O3S. The van der Waals surface area contributed by atoms with Crippen molar-refractivity contribution < 1.29 is 17.8 Å². The highest BCUT2D eigenvalue weighted by Crippen LogP contribution is 2.29. The molecule has 1 aliphatic heterocycles. The lowest BCUT2D eigenvalue weighted by atomic mass is 10.1. The molecule has 2 aromatic carbocycles. The van der Waals surface area contributed by atoms with Gasteiger partial charge in [-0.2, -0.15) is 0 Å². The fourth-order valence-electron chi connectivity index (χ4n) is 3.61. The maximum atomic E-state index is 14.8. The third-order valence-corrected chi connectivity index (χ3v) is 7.33. The van der Waals surface area contributed by atoms with E-state index in [4.69, 9.17) is 14.9 Å². The van der Waals surface area contributed by atoms with E-state index in [2.05, 4.69) is 25.5 Å². The van der Waals surface area contributed by atoms with E-state index in [0.717, 1.165) is 16.0 Å². The van der Waals surface area contributed by atoms with E-state index in [9.17, 15) is 8.60 Å². The molecule has 0 aliphatic carbocycles. The van der Waals surface area contributed by atoms with Crippen molar-refractivity contribution in [1.29, 1.82) is 0 Å². The van der Waals surface area contributed by atoms with Gasteiger partial charge in [0.1, 0.15) is 5.82 Å². The van der Waals surface area contributed by atoms with Gasteiger partial charge in [0, 0.05) is 22.3 Å². The molecule has 1 aliphatic rings. The van der Waals surface area contributed by atoms with Crippen LogP contribution in [0.1, 0.15) is 19.4 Å². The molecule has 1 saturated heterocycles. The van der Waals surface area contributed by atoms with Crippen LogP contribution in [0.15, 0.2) is 58.0 Å². The molecule has 4 aromatic rings. The molecule has 3 N–H and O–H groups in total. The molecule has 1 fully saturated rings. The Kier molecular flexibility index (Phi) is 6.86. The van der Waals surface area contributed by atoms with Gasteiger partial charge in [-0.1, -0.05) is 32.0 Å². The van der Waals surface area contributed by atoms with Gasteiger partial charge in [-0.15, -0.1) is 10.2 Å². The molecule has 0 saturated carbocycles. The van der Waals surface area contributed by atoms with E-state index in [1.807, 2.05) is 26.0 Å². The lowest BCUT2D eigenvalue weighted by Crippen LogP contribution is -2.45. The quantitative estimate of drug-likeness (QED) is 0.367. The summed E-state index contributed by atoms with van der Waals surface area (Å²) in [5.74, 6) is -0.319. The number of rotatable bonds is 8. The first-order valence-corrected chi connectivity index (χ1v) is 12.7. The Morgan fingerprint density at radius 3 is 2.56 bits per heavy atom. The van der Waals surface area contributed by atoms with Gasteiger partial charge in [0.05, 0.1) is 47.5 Å². The SMILES string of the molecule is CC(C)S(=O)c1ccc(-c2cnc(N)c(-c3nnc(-c4ccc(CNC5COC5)cc4F)o3)n2)cc1. The molecule has 1 unspecified atom stereocenters. The van der Waals surface area contributed by atoms with Crippen molar-refractivity contribution in [3.63, 3.8) is 0 Å². The van der Waals surface area contributed by atoms with Crippen molar-refractivity contribution in [2.45, 2.75) is 36.6 Å². The van der Waals surface area contributed by atoms with Crippen LogP contribution >= 0.6 is 0 Å². The molecule has 1 atom stereocenters. The minimum atomic E-state index is -1.09. The highest BCUT2D eigenvalue weighted by molar-refractivity contribution is 7.85. The second-order valence-electron chi connectivity index (χ2n) is 8.70. The summed E-state index contributed by atoms with van der Waals surface area (Å²) in [5.41, 5.74) is 8.51. The molecule has 0 bridgehead atoms. The summed E-state index contributed by atoms with van der Waals surface area (Å²) in [7, 11) is -1.09. The van der Waals surface area contributed by atoms with Crippen LogP contribution in [-0.4, -0.2) is 48.9 Å². The Labute approximate surface area is 209 Å². The number of benzene rings is 2. The van der Waals surface area contributed by atoms with Crippen LogP contribution in [0.4, 0.5) is 10.2 Å². The molecule has 3 heterocycles. The number of hydrogen-bond acceptors (Lipinski definition) is 9. The molecular weight excluding hydrogens is 483 g/mol. The minimum absolute atomic E-state index is 0.0153. The summed E-state index contributed by atoms with van der Waals surface area (Å²) in [6, 6.07) is 12.4. The summed E-state index contributed by atoms with van der Waals surface area (Å²) in [4.78, 5) is 9.50. The summed E-state index contributed by atoms with van der Waals surface area (Å²) in [5, 5.41) is 11.3. The Bertz CT molecular complexity index is 1410. The summed E-state index contributed by atoms with van der Waals surface area (Å²) in [6.45, 7) is 5.69. The Hall–Kier alpha value is -3.54. The smallest absolute Gasteiger partial charge is 0.270 e. The first kappa shape index (κ1) is 24.2. The van der Waals surface area contributed by atoms with Gasteiger partial charge in [0.15, 0.2) is 11.5 Å². The predicted octanol–water partition coefficient (Wildman–Crippen LogP) is 3.59. The van der Waals surface area contributed by atoms with Crippen LogP contribution in [0.5, 0.6) is 0 Å². The number of aromatic nitrogens is 4. The molecule has 2 aromatic heterocycles. The minimum Gasteiger partial charge on any atom is -0.414 e. The monoisotopic (exact) mass is 508 g/mol. The lowest BCUT2D eigenvalue weighted by Gasteiger charge is -2.27. The number of nitrogens with zero attached hydrogens (tertiary/aromatic N) is 4. The first-order chi connectivity index (χ1) is 17.4. The third-order valence-electron chi connectivity index (χ3n) is 5.74. The molecule has 9 nitrogen and oxygen atoms in total. The maximum Gasteiger partial charge on any atom is 0.270 e. The van der Waals surface area contributed by atoms with Gasteiger partial charge in [0.2, 0.25) is 0 Å². The Morgan fingerprint density at radius 1 is 1.14 bits per heavy atom. The van der Waals surface area contributed by atoms with Crippen LogP contribution in [0.25, 0.3) is 34.3 Å². The zero-order chi connectivity index (χ0) is 25.2. The standard InChI is InChI=1S/C25H25FN6O3S/c1-14(2)36(33)18-6-4-16(5-7-18)21-11-29-23(27)22(30-21)25-32-31-24(35-25)19-8-3-15(9-20(19)26)10-28-17-12-34-13-17/h3-9,11,14,17,28H,10,12-13H2,1-2H3,(H2,27,29). The fourth-order valence-corrected chi connectivity index (χ4v) is 4.56. The van der Waals surface area contributed by atoms with Gasteiger partial charge in [-0.25, -0.2) is 14.4 Å². The molecule has 36 heavy (non-hydrogen) atoms. The third kappa shape index (κ3) is 5.03. The largest absolute Gasteiger partial charge is 0.414 e. The number of halogens is 1. The van der Waals surface area contributed by atoms with Crippen LogP contribution in [-0.2, 0) is 22.1 Å². The van der Waals surface area contributed by atoms with Crippen molar-refractivity contribution in [1.82, 2.24) is 25.5 Å². The van der Waals surface area contributed by atoms with E-state index in [1.165, 1.54) is 12.3 Å². The zero-order valence-corrected chi connectivity index (χ0v) is 20.6. The van der Waals surface area contributed by atoms with E-state index in [1.54, 1.807) is 24.3 Å². The van der Waals surface area contributed by atoms with E-state index in [0.29, 0.717) is 31.5 Å². The number of nitrogens with one attached hydrogen (secondary N) is 1. The molecule has 186 valence electrons. The van der Waals surface area contributed by atoms with Crippen molar-refractivity contribution in [2.24, 2.45) is 0 Å². The highest BCUT2D eigenvalue weighted by atomic mass is 32.2. The average molecular weight is 509 g/mol. The number of nitrogen functional groups attached to an aromatic ring is 1. The van der Waals surface area contributed by atoms with Crippen LogP contribution < -0.4 is 11.1 Å². The van der Waals surface area contributed by atoms with Gasteiger partial charge < -0.3 is 20.2 Å². The second-order valence-corrected chi connectivity index (χ2v) is 10.7. The second kappa shape index (κ2) is 10.2. The number of nitrogens with two attached hydrogens (primary N) is 1. The Balaban J connectivity index is 1.37.